The summed E-state index contributed by atoms with van der Waals surface area (Å²) in [6, 6.07) is 12.7. The molecule has 4 rings (SSSR count). The highest BCUT2D eigenvalue weighted by Gasteiger charge is 2.28. The molecule has 1 saturated heterocycles. The molecule has 0 spiro atoms. The number of para-hydroxylation sites is 1. The van der Waals surface area contributed by atoms with Crippen molar-refractivity contribution < 1.29 is 22.7 Å². The first-order valence-electron chi connectivity index (χ1n) is 9.47. The van der Waals surface area contributed by atoms with Crippen LogP contribution >= 0.6 is 0 Å². The van der Waals surface area contributed by atoms with Crippen molar-refractivity contribution in [1.82, 2.24) is 5.32 Å². The minimum atomic E-state index is -3.19. The van der Waals surface area contributed by atoms with Gasteiger partial charge in [0.2, 0.25) is 15.9 Å². The normalized spacial score (nSPS) is 17.4. The average molecular weight is 414 g/mol. The number of sulfonamides is 1. The van der Waals surface area contributed by atoms with E-state index in [0.29, 0.717) is 49.9 Å². The number of hydrogen-bond donors (Lipinski definition) is 1. The molecule has 8 heteroatoms. The van der Waals surface area contributed by atoms with Crippen LogP contribution in [-0.2, 0) is 21.4 Å². The van der Waals surface area contributed by atoms with Crippen LogP contribution in [0.25, 0.3) is 6.08 Å². The molecule has 0 radical (unpaired) electrons. The minimum absolute atomic E-state index is 0.191. The van der Waals surface area contributed by atoms with Gasteiger partial charge in [0.25, 0.3) is 0 Å². The summed E-state index contributed by atoms with van der Waals surface area (Å²) in [7, 11) is -3.19. The minimum Gasteiger partial charge on any atom is -0.486 e. The van der Waals surface area contributed by atoms with Crippen molar-refractivity contribution in [2.24, 2.45) is 0 Å². The molecule has 0 unspecified atom stereocenters. The second-order valence-corrected chi connectivity index (χ2v) is 8.84. The molecule has 1 N–H and O–H groups in total. The molecule has 0 bridgehead atoms. The Hall–Kier alpha value is -3.00. The summed E-state index contributed by atoms with van der Waals surface area (Å²) in [6.07, 6.45) is 3.79. The van der Waals surface area contributed by atoms with Crippen LogP contribution in [-0.4, -0.2) is 39.8 Å². The molecule has 0 atom stereocenters. The van der Waals surface area contributed by atoms with Gasteiger partial charge in [0.15, 0.2) is 11.5 Å². The number of nitrogens with zero attached hydrogens (tertiary/aromatic N) is 1. The maximum absolute atomic E-state index is 12.2. The second kappa shape index (κ2) is 8.16. The summed E-state index contributed by atoms with van der Waals surface area (Å²) >= 11 is 0. The Balaban J connectivity index is 1.35. The van der Waals surface area contributed by atoms with E-state index >= 15 is 0 Å². The number of carbonyl (C=O) groups excluding carboxylic acids is 1. The Morgan fingerprint density at radius 3 is 2.66 bits per heavy atom. The van der Waals surface area contributed by atoms with Crippen LogP contribution in [0.4, 0.5) is 5.69 Å². The fraction of sp³-hybridized carbons (Fsp3) is 0.286. The Kier molecular flexibility index (Phi) is 5.44. The van der Waals surface area contributed by atoms with Gasteiger partial charge >= 0.3 is 0 Å². The molecular weight excluding hydrogens is 392 g/mol. The largest absolute Gasteiger partial charge is 0.486 e. The maximum atomic E-state index is 12.2. The summed E-state index contributed by atoms with van der Waals surface area (Å²) < 4.78 is 36.6. The average Bonchev–Trinajstić information content (AvgIpc) is 3.10. The van der Waals surface area contributed by atoms with Gasteiger partial charge in [-0.25, -0.2) is 8.42 Å². The third-order valence-electron chi connectivity index (χ3n) is 4.81. The highest BCUT2D eigenvalue weighted by atomic mass is 32.2. The predicted octanol–water partition coefficient (Wildman–Crippen LogP) is 2.33. The van der Waals surface area contributed by atoms with E-state index in [2.05, 4.69) is 5.32 Å². The third-order valence-corrected chi connectivity index (χ3v) is 6.68. The summed E-state index contributed by atoms with van der Waals surface area (Å²) in [5, 5.41) is 2.84. The van der Waals surface area contributed by atoms with E-state index in [0.717, 1.165) is 11.1 Å². The molecular formula is C21H22N2O5S. The van der Waals surface area contributed by atoms with Crippen LogP contribution in [0.1, 0.15) is 17.5 Å². The van der Waals surface area contributed by atoms with Crippen molar-refractivity contribution in [2.75, 3.05) is 29.8 Å². The first-order valence-corrected chi connectivity index (χ1v) is 11.1. The molecule has 0 saturated carbocycles. The number of carbonyl (C=O) groups is 1. The quantitative estimate of drug-likeness (QED) is 0.759. The first-order chi connectivity index (χ1) is 14.0. The van der Waals surface area contributed by atoms with Gasteiger partial charge in [-0.3, -0.25) is 9.10 Å². The van der Waals surface area contributed by atoms with Gasteiger partial charge in [-0.15, -0.1) is 0 Å². The third kappa shape index (κ3) is 4.37. The number of anilines is 1. The van der Waals surface area contributed by atoms with Gasteiger partial charge in [0, 0.05) is 24.7 Å². The molecule has 2 aliphatic rings. The highest BCUT2D eigenvalue weighted by Crippen LogP contribution is 2.33. The lowest BCUT2D eigenvalue weighted by Crippen LogP contribution is -2.24. The zero-order chi connectivity index (χ0) is 20.3. The predicted molar refractivity (Wildman–Crippen MR) is 111 cm³/mol. The number of hydrogen-bond acceptors (Lipinski definition) is 5. The zero-order valence-electron chi connectivity index (χ0n) is 15.8. The highest BCUT2D eigenvalue weighted by molar-refractivity contribution is 7.93. The lowest BCUT2D eigenvalue weighted by atomic mass is 10.1. The van der Waals surface area contributed by atoms with Crippen molar-refractivity contribution in [3.8, 4) is 11.5 Å². The smallest absolute Gasteiger partial charge is 0.244 e. The van der Waals surface area contributed by atoms with E-state index in [1.54, 1.807) is 30.3 Å². The number of nitrogens with one attached hydrogen (secondary N) is 1. The number of amides is 1. The van der Waals surface area contributed by atoms with Crippen molar-refractivity contribution in [3.05, 3.63) is 59.7 Å². The monoisotopic (exact) mass is 414 g/mol. The van der Waals surface area contributed by atoms with E-state index < -0.39 is 10.0 Å². The summed E-state index contributed by atoms with van der Waals surface area (Å²) in [5.74, 6) is 1.33. The Morgan fingerprint density at radius 2 is 1.90 bits per heavy atom. The van der Waals surface area contributed by atoms with Crippen molar-refractivity contribution in [1.29, 1.82) is 0 Å². The maximum Gasteiger partial charge on any atom is 0.244 e. The van der Waals surface area contributed by atoms with Crippen molar-refractivity contribution in [3.63, 3.8) is 0 Å². The molecule has 29 heavy (non-hydrogen) atoms. The van der Waals surface area contributed by atoms with Crippen LogP contribution in [0.2, 0.25) is 0 Å². The molecule has 0 aliphatic carbocycles. The van der Waals surface area contributed by atoms with Crippen LogP contribution in [0.3, 0.4) is 0 Å². The lowest BCUT2D eigenvalue weighted by molar-refractivity contribution is -0.116. The molecule has 2 aliphatic heterocycles. The molecule has 7 nitrogen and oxygen atoms in total. The topological polar surface area (TPSA) is 84.9 Å². The SMILES string of the molecule is O=C(/C=C/c1ccc(N2CCCS2(=O)=O)cc1)NCc1cccc2c1OCCO2. The number of benzene rings is 2. The molecule has 1 fully saturated rings. The van der Waals surface area contributed by atoms with Crippen molar-refractivity contribution in [2.45, 2.75) is 13.0 Å². The van der Waals surface area contributed by atoms with Gasteiger partial charge in [0.1, 0.15) is 13.2 Å². The van der Waals surface area contributed by atoms with E-state index in [9.17, 15) is 13.2 Å². The zero-order valence-corrected chi connectivity index (χ0v) is 16.7. The van der Waals surface area contributed by atoms with Gasteiger partial charge in [-0.2, -0.15) is 0 Å². The van der Waals surface area contributed by atoms with Crippen molar-refractivity contribution >= 4 is 27.7 Å². The van der Waals surface area contributed by atoms with Crippen LogP contribution in [0.5, 0.6) is 11.5 Å². The molecule has 2 aromatic carbocycles. The molecule has 152 valence electrons. The summed E-state index contributed by atoms with van der Waals surface area (Å²) in [5.41, 5.74) is 2.33. The number of fused-ring (bicyclic) bond motifs is 1. The molecule has 2 aromatic rings. The van der Waals surface area contributed by atoms with Gasteiger partial charge in [0.05, 0.1) is 11.4 Å². The molecule has 0 aromatic heterocycles. The fourth-order valence-corrected chi connectivity index (χ4v) is 4.93. The summed E-state index contributed by atoms with van der Waals surface area (Å²) in [6.45, 7) is 1.86. The number of ether oxygens (including phenoxy) is 2. The molecule has 2 heterocycles. The lowest BCUT2D eigenvalue weighted by Gasteiger charge is -2.20. The van der Waals surface area contributed by atoms with E-state index in [1.807, 2.05) is 18.2 Å². The Labute approximate surface area is 170 Å². The van der Waals surface area contributed by atoms with Crippen LogP contribution in [0, 0.1) is 0 Å². The second-order valence-electron chi connectivity index (χ2n) is 6.83. The standard InChI is InChI=1S/C21H22N2O5S/c24-20(22-15-17-3-1-4-19-21(17)28-13-12-27-19)10-7-16-5-8-18(9-6-16)23-11-2-14-29(23,25)26/h1,3-10H,2,11-15H2,(H,22,24)/b10-7+. The summed E-state index contributed by atoms with van der Waals surface area (Å²) in [4.78, 5) is 12.2. The van der Waals surface area contributed by atoms with Crippen LogP contribution < -0.4 is 19.1 Å². The van der Waals surface area contributed by atoms with Gasteiger partial charge in [-0.1, -0.05) is 24.3 Å². The van der Waals surface area contributed by atoms with Crippen LogP contribution in [0.15, 0.2) is 48.5 Å². The molecule has 1 amide bonds. The first kappa shape index (κ1) is 19.3. The number of rotatable bonds is 5. The Morgan fingerprint density at radius 1 is 1.10 bits per heavy atom. The van der Waals surface area contributed by atoms with Gasteiger partial charge in [-0.05, 0) is 36.3 Å². The van der Waals surface area contributed by atoms with Gasteiger partial charge < -0.3 is 14.8 Å². The van der Waals surface area contributed by atoms with E-state index in [1.165, 1.54) is 10.4 Å². The fourth-order valence-electron chi connectivity index (χ4n) is 3.37. The van der Waals surface area contributed by atoms with E-state index in [4.69, 9.17) is 9.47 Å². The Bertz CT molecular complexity index is 1030. The van der Waals surface area contributed by atoms with E-state index in [-0.39, 0.29) is 11.7 Å².